The molecular weight excluding hydrogens is 244 g/mol. The van der Waals surface area contributed by atoms with Gasteiger partial charge in [0.15, 0.2) is 0 Å². The lowest BCUT2D eigenvalue weighted by Gasteiger charge is -2.37. The fraction of sp³-hybridized carbons (Fsp3) is 0.769. The minimum absolute atomic E-state index is 0.498. The van der Waals surface area contributed by atoms with E-state index in [1.807, 2.05) is 11.7 Å². The van der Waals surface area contributed by atoms with Gasteiger partial charge in [0.2, 0.25) is 0 Å². The van der Waals surface area contributed by atoms with Crippen LogP contribution in [0.1, 0.15) is 11.4 Å². The van der Waals surface area contributed by atoms with Crippen molar-refractivity contribution in [1.82, 2.24) is 20.0 Å². The molecule has 1 aromatic rings. The first-order valence-corrected chi connectivity index (χ1v) is 7.72. The summed E-state index contributed by atoms with van der Waals surface area (Å²) in [5.74, 6) is 2.48. The third-order valence-corrected chi connectivity index (χ3v) is 4.85. The van der Waals surface area contributed by atoms with E-state index in [2.05, 4.69) is 54.2 Å². The summed E-state index contributed by atoms with van der Waals surface area (Å²) in [7, 11) is 6.35. The number of rotatable bonds is 4. The highest BCUT2D eigenvalue weighted by Gasteiger charge is 2.27. The number of aryl methyl sites for hydroxylation is 2. The van der Waals surface area contributed by atoms with Gasteiger partial charge >= 0.3 is 0 Å². The Morgan fingerprint density at radius 3 is 2.89 bits per heavy atom. The van der Waals surface area contributed by atoms with Crippen molar-refractivity contribution in [1.29, 1.82) is 0 Å². The lowest BCUT2D eigenvalue weighted by Crippen LogP contribution is -2.52. The highest BCUT2D eigenvalue weighted by molar-refractivity contribution is 7.99. The minimum Gasteiger partial charge on any atom is -0.315 e. The second-order valence-corrected chi connectivity index (χ2v) is 6.27. The van der Waals surface area contributed by atoms with Crippen LogP contribution < -0.4 is 5.32 Å². The Labute approximate surface area is 114 Å². The van der Waals surface area contributed by atoms with Gasteiger partial charge in [-0.15, -0.1) is 0 Å². The average molecular weight is 268 g/mol. The van der Waals surface area contributed by atoms with Crippen LogP contribution in [-0.2, 0) is 13.5 Å². The monoisotopic (exact) mass is 268 g/mol. The van der Waals surface area contributed by atoms with E-state index in [0.29, 0.717) is 12.1 Å². The summed E-state index contributed by atoms with van der Waals surface area (Å²) in [6, 6.07) is 3.31. The number of thioether (sulfide) groups is 1. The zero-order chi connectivity index (χ0) is 13.1. The molecule has 1 aliphatic rings. The largest absolute Gasteiger partial charge is 0.315 e. The van der Waals surface area contributed by atoms with Gasteiger partial charge in [0.1, 0.15) is 0 Å². The van der Waals surface area contributed by atoms with Crippen molar-refractivity contribution in [2.75, 3.05) is 32.1 Å². The Bertz CT molecular complexity index is 390. The van der Waals surface area contributed by atoms with Gasteiger partial charge in [0, 0.05) is 49.3 Å². The van der Waals surface area contributed by atoms with E-state index in [1.165, 1.54) is 23.7 Å². The van der Waals surface area contributed by atoms with Crippen LogP contribution in [0.3, 0.4) is 0 Å². The van der Waals surface area contributed by atoms with Crippen LogP contribution in [0, 0.1) is 6.92 Å². The van der Waals surface area contributed by atoms with E-state index in [9.17, 15) is 0 Å². The molecule has 0 radical (unpaired) electrons. The Morgan fingerprint density at radius 1 is 1.56 bits per heavy atom. The van der Waals surface area contributed by atoms with Gasteiger partial charge in [-0.3, -0.25) is 4.68 Å². The van der Waals surface area contributed by atoms with Crippen LogP contribution in [-0.4, -0.2) is 58.9 Å². The molecule has 4 nitrogen and oxygen atoms in total. The molecule has 0 saturated carbocycles. The lowest BCUT2D eigenvalue weighted by atomic mass is 10.0. The molecule has 2 heterocycles. The van der Waals surface area contributed by atoms with Crippen molar-refractivity contribution in [3.63, 3.8) is 0 Å². The van der Waals surface area contributed by atoms with Crippen LogP contribution in [0.2, 0.25) is 0 Å². The number of nitrogens with one attached hydrogen (secondary N) is 1. The molecule has 1 N–H and O–H groups in total. The number of likely N-dealkylation sites (N-methyl/N-ethyl adjacent to an activating group) is 2. The number of hydrogen-bond acceptors (Lipinski definition) is 4. The van der Waals surface area contributed by atoms with Crippen molar-refractivity contribution >= 4 is 11.8 Å². The van der Waals surface area contributed by atoms with E-state index in [-0.39, 0.29) is 0 Å². The molecule has 0 spiro atoms. The highest BCUT2D eigenvalue weighted by Crippen LogP contribution is 2.19. The predicted molar refractivity (Wildman–Crippen MR) is 78.2 cm³/mol. The van der Waals surface area contributed by atoms with Crippen LogP contribution in [0.4, 0.5) is 0 Å². The molecule has 1 fully saturated rings. The van der Waals surface area contributed by atoms with Crippen LogP contribution >= 0.6 is 11.8 Å². The fourth-order valence-electron chi connectivity index (χ4n) is 2.64. The predicted octanol–water partition coefficient (Wildman–Crippen LogP) is 0.906. The van der Waals surface area contributed by atoms with Crippen LogP contribution in [0.25, 0.3) is 0 Å². The van der Waals surface area contributed by atoms with Crippen molar-refractivity contribution in [3.8, 4) is 0 Å². The fourth-order valence-corrected chi connectivity index (χ4v) is 3.95. The number of hydrogen-bond donors (Lipinski definition) is 1. The summed E-state index contributed by atoms with van der Waals surface area (Å²) < 4.78 is 2.01. The first-order chi connectivity index (χ1) is 8.61. The quantitative estimate of drug-likeness (QED) is 0.880. The third-order valence-electron chi connectivity index (χ3n) is 3.81. The van der Waals surface area contributed by atoms with Crippen molar-refractivity contribution in [2.24, 2.45) is 7.05 Å². The van der Waals surface area contributed by atoms with Crippen molar-refractivity contribution < 1.29 is 0 Å². The zero-order valence-electron chi connectivity index (χ0n) is 11.8. The van der Waals surface area contributed by atoms with E-state index in [4.69, 9.17) is 0 Å². The van der Waals surface area contributed by atoms with E-state index in [0.717, 1.165) is 12.1 Å². The molecule has 18 heavy (non-hydrogen) atoms. The molecule has 2 unspecified atom stereocenters. The molecular formula is C13H24N4S. The smallest absolute Gasteiger partial charge is 0.0596 e. The average Bonchev–Trinajstić information content (AvgIpc) is 2.66. The second-order valence-electron chi connectivity index (χ2n) is 5.12. The molecule has 2 rings (SSSR count). The van der Waals surface area contributed by atoms with Gasteiger partial charge in [-0.25, -0.2) is 0 Å². The van der Waals surface area contributed by atoms with E-state index in [1.54, 1.807) is 0 Å². The Hall–Kier alpha value is -0.520. The van der Waals surface area contributed by atoms with Gasteiger partial charge in [0.25, 0.3) is 0 Å². The first-order valence-electron chi connectivity index (χ1n) is 6.56. The molecule has 2 atom stereocenters. The van der Waals surface area contributed by atoms with Gasteiger partial charge in [-0.2, -0.15) is 16.9 Å². The standard InChI is InChI=1S/C13H24N4S/c1-10-7-11(17(4)15-10)8-12(14-2)13-9-18-6-5-16(13)3/h7,12-14H,5-6,8-9H2,1-4H3. The van der Waals surface area contributed by atoms with Crippen molar-refractivity contribution in [2.45, 2.75) is 25.4 Å². The molecule has 0 aliphatic carbocycles. The Balaban J connectivity index is 2.06. The summed E-state index contributed by atoms with van der Waals surface area (Å²) in [6.07, 6.45) is 1.05. The van der Waals surface area contributed by atoms with E-state index < -0.39 is 0 Å². The van der Waals surface area contributed by atoms with E-state index >= 15 is 0 Å². The minimum atomic E-state index is 0.498. The zero-order valence-corrected chi connectivity index (χ0v) is 12.6. The summed E-state index contributed by atoms with van der Waals surface area (Å²) in [6.45, 7) is 3.25. The van der Waals surface area contributed by atoms with Gasteiger partial charge in [-0.05, 0) is 27.1 Å². The SMILES string of the molecule is CNC(Cc1cc(C)nn1C)C1CSCCN1C. The first kappa shape index (κ1) is 13.9. The van der Waals surface area contributed by atoms with Crippen LogP contribution in [0.15, 0.2) is 6.07 Å². The Morgan fingerprint density at radius 2 is 2.33 bits per heavy atom. The van der Waals surface area contributed by atoms with Crippen LogP contribution in [0.5, 0.6) is 0 Å². The maximum absolute atomic E-state index is 4.43. The number of aromatic nitrogens is 2. The number of nitrogens with zero attached hydrogens (tertiary/aromatic N) is 3. The highest BCUT2D eigenvalue weighted by atomic mass is 32.2. The molecule has 102 valence electrons. The molecule has 0 aromatic carbocycles. The molecule has 1 aromatic heterocycles. The Kier molecular flexibility index (Phi) is 4.70. The summed E-state index contributed by atoms with van der Waals surface area (Å²) in [5.41, 5.74) is 2.42. The topological polar surface area (TPSA) is 33.1 Å². The van der Waals surface area contributed by atoms with Gasteiger partial charge < -0.3 is 10.2 Å². The molecule has 0 bridgehead atoms. The molecule has 1 saturated heterocycles. The molecule has 0 amide bonds. The normalized spacial score (nSPS) is 23.2. The summed E-state index contributed by atoms with van der Waals surface area (Å²) >= 11 is 2.07. The maximum Gasteiger partial charge on any atom is 0.0596 e. The third kappa shape index (κ3) is 3.08. The summed E-state index contributed by atoms with van der Waals surface area (Å²) in [4.78, 5) is 2.49. The molecule has 1 aliphatic heterocycles. The van der Waals surface area contributed by atoms with Gasteiger partial charge in [-0.1, -0.05) is 0 Å². The second kappa shape index (κ2) is 6.08. The summed E-state index contributed by atoms with van der Waals surface area (Å²) in [5, 5.41) is 7.92. The van der Waals surface area contributed by atoms with Crippen molar-refractivity contribution in [3.05, 3.63) is 17.5 Å². The van der Waals surface area contributed by atoms with Gasteiger partial charge in [0.05, 0.1) is 5.69 Å². The maximum atomic E-state index is 4.43. The molecule has 5 heteroatoms. The lowest BCUT2D eigenvalue weighted by molar-refractivity contribution is 0.217.